The van der Waals surface area contributed by atoms with Gasteiger partial charge in [0.05, 0.1) is 23.1 Å². The van der Waals surface area contributed by atoms with Gasteiger partial charge in [-0.25, -0.2) is 8.42 Å². The summed E-state index contributed by atoms with van der Waals surface area (Å²) in [5.41, 5.74) is 0.852. The number of fused-ring (bicyclic) bond motifs is 1. The fourth-order valence-electron chi connectivity index (χ4n) is 3.69. The number of nitrogens with zero attached hydrogens (tertiary/aromatic N) is 2. The van der Waals surface area contributed by atoms with E-state index in [0.29, 0.717) is 11.3 Å². The van der Waals surface area contributed by atoms with Gasteiger partial charge in [-0.2, -0.15) is 0 Å². The molecule has 0 spiro atoms. The Bertz CT molecular complexity index is 1310. The monoisotopic (exact) mass is 479 g/mol. The third kappa shape index (κ3) is 4.40. The summed E-state index contributed by atoms with van der Waals surface area (Å²) in [6.07, 6.45) is 2.93. The summed E-state index contributed by atoms with van der Waals surface area (Å²) >= 11 is 0. The minimum absolute atomic E-state index is 0.0525. The van der Waals surface area contributed by atoms with E-state index >= 15 is 0 Å². The molecule has 1 aromatic heterocycles. The summed E-state index contributed by atoms with van der Waals surface area (Å²) in [6, 6.07) is 15.5. The van der Waals surface area contributed by atoms with Crippen molar-refractivity contribution in [3.8, 4) is 5.75 Å². The van der Waals surface area contributed by atoms with Crippen molar-refractivity contribution < 1.29 is 27.5 Å². The van der Waals surface area contributed by atoms with Crippen LogP contribution in [0.25, 0.3) is 0 Å². The van der Waals surface area contributed by atoms with Crippen LogP contribution >= 0.6 is 0 Å². The number of hydrogen-bond acceptors (Lipinski definition) is 7. The molecule has 0 saturated heterocycles. The second-order valence-electron chi connectivity index (χ2n) is 7.54. The van der Waals surface area contributed by atoms with Crippen LogP contribution in [-0.4, -0.2) is 56.2 Å². The summed E-state index contributed by atoms with van der Waals surface area (Å²) in [5, 5.41) is 1.42. The maximum absolute atomic E-state index is 13.4. The SMILES string of the molecule is COc1ccc(S(=O)(=O)C(CNC(=O)CN2C(=O)c3ccccc3C2=O)c2cccnc2)cc1. The minimum Gasteiger partial charge on any atom is -0.497 e. The van der Waals surface area contributed by atoms with E-state index in [0.717, 1.165) is 4.90 Å². The van der Waals surface area contributed by atoms with Gasteiger partial charge in [-0.15, -0.1) is 0 Å². The number of sulfone groups is 1. The zero-order chi connectivity index (χ0) is 24.3. The summed E-state index contributed by atoms with van der Waals surface area (Å²) in [6.45, 7) is -0.795. The Hall–Kier alpha value is -4.05. The Labute approximate surface area is 196 Å². The number of nitrogens with one attached hydrogen (secondary N) is 1. The van der Waals surface area contributed by atoms with Gasteiger partial charge in [0.15, 0.2) is 9.84 Å². The van der Waals surface area contributed by atoms with Gasteiger partial charge in [0, 0.05) is 18.9 Å². The largest absolute Gasteiger partial charge is 0.497 e. The van der Waals surface area contributed by atoms with Gasteiger partial charge in [-0.05, 0) is 48.0 Å². The number of pyridine rings is 1. The number of hydrogen-bond donors (Lipinski definition) is 1. The van der Waals surface area contributed by atoms with E-state index in [2.05, 4.69) is 10.3 Å². The van der Waals surface area contributed by atoms with Gasteiger partial charge in [0.2, 0.25) is 5.91 Å². The molecule has 174 valence electrons. The molecular formula is C24H21N3O6S. The van der Waals surface area contributed by atoms with E-state index in [1.54, 1.807) is 24.3 Å². The summed E-state index contributed by atoms with van der Waals surface area (Å²) in [7, 11) is -2.45. The first-order valence-corrected chi connectivity index (χ1v) is 11.9. The van der Waals surface area contributed by atoms with Crippen molar-refractivity contribution >= 4 is 27.6 Å². The highest BCUT2D eigenvalue weighted by molar-refractivity contribution is 7.91. The maximum atomic E-state index is 13.4. The van der Waals surface area contributed by atoms with Crippen molar-refractivity contribution in [1.82, 2.24) is 15.2 Å². The molecule has 0 saturated carbocycles. The van der Waals surface area contributed by atoms with Crippen LogP contribution in [0.5, 0.6) is 5.75 Å². The molecule has 1 N–H and O–H groups in total. The predicted octanol–water partition coefficient (Wildman–Crippen LogP) is 2.02. The van der Waals surface area contributed by atoms with Gasteiger partial charge in [0.25, 0.3) is 11.8 Å². The fourth-order valence-corrected chi connectivity index (χ4v) is 5.34. The van der Waals surface area contributed by atoms with Crippen LogP contribution in [0, 0.1) is 0 Å². The topological polar surface area (TPSA) is 123 Å². The molecule has 0 bridgehead atoms. The Morgan fingerprint density at radius 1 is 1.00 bits per heavy atom. The highest BCUT2D eigenvalue weighted by Crippen LogP contribution is 2.29. The van der Waals surface area contributed by atoms with Gasteiger partial charge < -0.3 is 10.1 Å². The van der Waals surface area contributed by atoms with E-state index in [4.69, 9.17) is 4.74 Å². The van der Waals surface area contributed by atoms with E-state index in [-0.39, 0.29) is 22.6 Å². The Balaban J connectivity index is 1.52. The number of carbonyl (C=O) groups is 3. The molecule has 2 aromatic carbocycles. The molecule has 1 atom stereocenters. The lowest BCUT2D eigenvalue weighted by Crippen LogP contribution is -2.42. The Kier molecular flexibility index (Phi) is 6.42. The number of amides is 3. The highest BCUT2D eigenvalue weighted by Gasteiger charge is 2.37. The Morgan fingerprint density at radius 2 is 1.65 bits per heavy atom. The van der Waals surface area contributed by atoms with Gasteiger partial charge in [-0.3, -0.25) is 24.3 Å². The lowest BCUT2D eigenvalue weighted by Gasteiger charge is -2.20. The number of methoxy groups -OCH3 is 1. The van der Waals surface area contributed by atoms with Crippen molar-refractivity contribution in [2.75, 3.05) is 20.2 Å². The average Bonchev–Trinajstić information content (AvgIpc) is 3.09. The van der Waals surface area contributed by atoms with E-state index in [1.165, 1.54) is 55.9 Å². The van der Waals surface area contributed by atoms with Gasteiger partial charge >= 0.3 is 0 Å². The Morgan fingerprint density at radius 3 is 2.21 bits per heavy atom. The van der Waals surface area contributed by atoms with E-state index in [1.807, 2.05) is 0 Å². The summed E-state index contributed by atoms with van der Waals surface area (Å²) in [4.78, 5) is 42.6. The number of aromatic nitrogens is 1. The summed E-state index contributed by atoms with van der Waals surface area (Å²) in [5.74, 6) is -1.28. The van der Waals surface area contributed by atoms with Crippen molar-refractivity contribution in [1.29, 1.82) is 0 Å². The van der Waals surface area contributed by atoms with Crippen molar-refractivity contribution in [3.63, 3.8) is 0 Å². The third-order valence-electron chi connectivity index (χ3n) is 5.48. The second-order valence-corrected chi connectivity index (χ2v) is 9.67. The number of rotatable bonds is 8. The lowest BCUT2D eigenvalue weighted by molar-refractivity contribution is -0.121. The van der Waals surface area contributed by atoms with Crippen molar-refractivity contribution in [2.45, 2.75) is 10.1 Å². The first-order chi connectivity index (χ1) is 16.3. The van der Waals surface area contributed by atoms with Crippen molar-refractivity contribution in [3.05, 3.63) is 89.7 Å². The number of imide groups is 1. The maximum Gasteiger partial charge on any atom is 0.262 e. The molecule has 1 aliphatic rings. The third-order valence-corrected chi connectivity index (χ3v) is 7.60. The molecule has 4 rings (SSSR count). The van der Waals surface area contributed by atoms with Crippen molar-refractivity contribution in [2.24, 2.45) is 0 Å². The molecule has 0 fully saturated rings. The predicted molar refractivity (Wildman–Crippen MR) is 122 cm³/mol. The van der Waals surface area contributed by atoms with Gasteiger partial charge in [-0.1, -0.05) is 18.2 Å². The molecule has 2 heterocycles. The molecule has 3 aromatic rings. The lowest BCUT2D eigenvalue weighted by atomic mass is 10.1. The quantitative estimate of drug-likeness (QED) is 0.490. The van der Waals surface area contributed by atoms with Crippen LogP contribution in [0.3, 0.4) is 0 Å². The van der Waals surface area contributed by atoms with E-state index < -0.39 is 39.4 Å². The smallest absolute Gasteiger partial charge is 0.262 e. The minimum atomic E-state index is -3.93. The molecule has 34 heavy (non-hydrogen) atoms. The molecule has 0 radical (unpaired) electrons. The molecule has 3 amide bonds. The van der Waals surface area contributed by atoms with Crippen LogP contribution in [0.1, 0.15) is 31.5 Å². The standard InChI is InChI=1S/C24H21N3O6S/c1-33-17-8-10-18(11-9-17)34(31,32)21(16-5-4-12-25-13-16)14-26-22(28)15-27-23(29)19-6-2-3-7-20(19)24(27)30/h2-13,21H,14-15H2,1H3,(H,26,28). The zero-order valence-electron chi connectivity index (χ0n) is 18.2. The number of ether oxygens (including phenoxy) is 1. The van der Waals surface area contributed by atoms with Crippen LogP contribution in [-0.2, 0) is 14.6 Å². The van der Waals surface area contributed by atoms with Gasteiger partial charge in [0.1, 0.15) is 17.5 Å². The van der Waals surface area contributed by atoms with E-state index in [9.17, 15) is 22.8 Å². The normalized spacial score (nSPS) is 14.0. The first-order valence-electron chi connectivity index (χ1n) is 10.3. The van der Waals surface area contributed by atoms with Crippen LogP contribution in [0.4, 0.5) is 0 Å². The van der Waals surface area contributed by atoms with Crippen LogP contribution in [0.15, 0.2) is 78.0 Å². The van der Waals surface area contributed by atoms with Crippen LogP contribution in [0.2, 0.25) is 0 Å². The average molecular weight is 480 g/mol. The second kappa shape index (κ2) is 9.44. The molecule has 10 heteroatoms. The molecule has 1 unspecified atom stereocenters. The number of carbonyl (C=O) groups excluding carboxylic acids is 3. The molecular weight excluding hydrogens is 458 g/mol. The zero-order valence-corrected chi connectivity index (χ0v) is 19.0. The van der Waals surface area contributed by atoms with Crippen LogP contribution < -0.4 is 10.1 Å². The molecule has 9 nitrogen and oxygen atoms in total. The highest BCUT2D eigenvalue weighted by atomic mass is 32.2. The summed E-state index contributed by atoms with van der Waals surface area (Å²) < 4.78 is 31.9. The number of benzene rings is 2. The first kappa shape index (κ1) is 23.1. The fraction of sp³-hybridized carbons (Fsp3) is 0.167. The molecule has 0 aliphatic carbocycles. The molecule has 1 aliphatic heterocycles.